The van der Waals surface area contributed by atoms with Crippen molar-refractivity contribution in [2.24, 2.45) is 0 Å². The van der Waals surface area contributed by atoms with Crippen molar-refractivity contribution >= 4 is 48.3 Å². The summed E-state index contributed by atoms with van der Waals surface area (Å²) in [5.74, 6) is 0. The van der Waals surface area contributed by atoms with E-state index in [2.05, 4.69) is 158 Å². The van der Waals surface area contributed by atoms with Crippen LogP contribution < -0.4 is 31.4 Å². The molecule has 0 amide bonds. The summed E-state index contributed by atoms with van der Waals surface area (Å²) < 4.78 is 6.60. The van der Waals surface area contributed by atoms with Crippen LogP contribution in [0.1, 0.15) is 0 Å². The predicted octanol–water partition coefficient (Wildman–Crippen LogP) is 5.95. The van der Waals surface area contributed by atoms with Crippen LogP contribution in [0.25, 0.3) is 0 Å². The molecular formula is C33H31NOP2. The van der Waals surface area contributed by atoms with E-state index in [4.69, 9.17) is 4.52 Å². The van der Waals surface area contributed by atoms with Crippen LogP contribution in [0.2, 0.25) is 0 Å². The molecule has 0 bridgehead atoms. The summed E-state index contributed by atoms with van der Waals surface area (Å²) in [4.78, 5) is 2.35. The Hall–Kier alpha value is -3.28. The summed E-state index contributed by atoms with van der Waals surface area (Å²) in [7, 11) is 0.637. The summed E-state index contributed by atoms with van der Waals surface area (Å²) in [6.45, 7) is 1.46. The molecule has 0 spiro atoms. The molecule has 2 nitrogen and oxygen atoms in total. The van der Waals surface area contributed by atoms with Gasteiger partial charge >= 0.3 is 0 Å². The second-order valence-electron chi connectivity index (χ2n) is 8.72. The SMILES string of the molecule is CN(CCOP(c1ccccc1)c1ccccc1)c1ccccc1P(c1ccccc1)c1ccccc1. The third kappa shape index (κ3) is 6.35. The molecule has 0 aliphatic heterocycles. The molecule has 37 heavy (non-hydrogen) atoms. The summed E-state index contributed by atoms with van der Waals surface area (Å²) in [5.41, 5.74) is 1.26. The summed E-state index contributed by atoms with van der Waals surface area (Å²) in [5, 5.41) is 6.56. The van der Waals surface area contributed by atoms with Crippen LogP contribution in [0, 0.1) is 0 Å². The Morgan fingerprint density at radius 1 is 0.514 bits per heavy atom. The molecule has 0 heterocycles. The minimum Gasteiger partial charge on any atom is -0.372 e. The van der Waals surface area contributed by atoms with Crippen LogP contribution in [0.4, 0.5) is 5.69 Å². The lowest BCUT2D eigenvalue weighted by Crippen LogP contribution is -2.30. The molecule has 5 aromatic rings. The molecule has 0 N–H and O–H groups in total. The van der Waals surface area contributed by atoms with Gasteiger partial charge in [-0.15, -0.1) is 0 Å². The first-order valence-corrected chi connectivity index (χ1v) is 15.1. The minimum atomic E-state index is -0.865. The molecule has 5 aromatic carbocycles. The summed E-state index contributed by atoms with van der Waals surface area (Å²) in [6.07, 6.45) is 0. The number of para-hydroxylation sites is 1. The van der Waals surface area contributed by atoms with Crippen LogP contribution in [0.5, 0.6) is 0 Å². The number of nitrogens with zero attached hydrogens (tertiary/aromatic N) is 1. The third-order valence-corrected chi connectivity index (χ3v) is 10.7. The van der Waals surface area contributed by atoms with Gasteiger partial charge in [-0.25, -0.2) is 0 Å². The Balaban J connectivity index is 1.38. The van der Waals surface area contributed by atoms with Crippen LogP contribution in [-0.2, 0) is 4.52 Å². The van der Waals surface area contributed by atoms with Crippen molar-refractivity contribution in [2.45, 2.75) is 0 Å². The first-order valence-electron chi connectivity index (χ1n) is 12.5. The summed E-state index contributed by atoms with van der Waals surface area (Å²) >= 11 is 0. The van der Waals surface area contributed by atoms with Crippen LogP contribution in [-0.4, -0.2) is 20.2 Å². The van der Waals surface area contributed by atoms with Crippen molar-refractivity contribution in [3.63, 3.8) is 0 Å². The van der Waals surface area contributed by atoms with Gasteiger partial charge in [0.05, 0.1) is 14.8 Å². The molecule has 0 radical (unpaired) electrons. The highest BCUT2D eigenvalue weighted by molar-refractivity contribution is 7.80. The average Bonchev–Trinajstić information content (AvgIpc) is 2.98. The predicted molar refractivity (Wildman–Crippen MR) is 163 cm³/mol. The lowest BCUT2D eigenvalue weighted by molar-refractivity contribution is 0.370. The van der Waals surface area contributed by atoms with E-state index in [1.807, 2.05) is 0 Å². The first kappa shape index (κ1) is 25.4. The van der Waals surface area contributed by atoms with Crippen LogP contribution >= 0.6 is 16.1 Å². The maximum Gasteiger partial charge on any atom is 0.0918 e. The number of benzene rings is 5. The van der Waals surface area contributed by atoms with E-state index < -0.39 is 16.1 Å². The molecule has 4 heteroatoms. The van der Waals surface area contributed by atoms with Gasteiger partial charge in [0, 0.05) is 35.2 Å². The molecular weight excluding hydrogens is 488 g/mol. The fraction of sp³-hybridized carbons (Fsp3) is 0.0909. The molecule has 0 aromatic heterocycles. The molecule has 0 saturated carbocycles. The molecule has 0 atom stereocenters. The van der Waals surface area contributed by atoms with E-state index in [1.54, 1.807) is 0 Å². The van der Waals surface area contributed by atoms with Gasteiger partial charge in [0.15, 0.2) is 0 Å². The fourth-order valence-electron chi connectivity index (χ4n) is 4.37. The lowest BCUT2D eigenvalue weighted by Gasteiger charge is -2.28. The molecule has 0 aliphatic rings. The van der Waals surface area contributed by atoms with Crippen molar-refractivity contribution < 1.29 is 4.52 Å². The highest BCUT2D eigenvalue weighted by atomic mass is 31.1. The minimum absolute atomic E-state index is 0.648. The van der Waals surface area contributed by atoms with Gasteiger partial charge in [0.2, 0.25) is 0 Å². The smallest absolute Gasteiger partial charge is 0.0918 e. The van der Waals surface area contributed by atoms with E-state index in [0.29, 0.717) is 6.61 Å². The number of rotatable bonds is 10. The van der Waals surface area contributed by atoms with E-state index in [1.165, 1.54) is 32.2 Å². The van der Waals surface area contributed by atoms with Crippen molar-refractivity contribution in [3.8, 4) is 0 Å². The van der Waals surface area contributed by atoms with Gasteiger partial charge in [-0.2, -0.15) is 0 Å². The Morgan fingerprint density at radius 2 is 0.919 bits per heavy atom. The zero-order chi connectivity index (χ0) is 25.3. The van der Waals surface area contributed by atoms with E-state index in [-0.39, 0.29) is 0 Å². The van der Waals surface area contributed by atoms with Crippen molar-refractivity contribution in [2.75, 3.05) is 25.1 Å². The second-order valence-corrected chi connectivity index (χ2v) is 12.8. The molecule has 0 aliphatic carbocycles. The normalized spacial score (nSPS) is 11.1. The van der Waals surface area contributed by atoms with Crippen molar-refractivity contribution in [3.05, 3.63) is 146 Å². The van der Waals surface area contributed by atoms with Gasteiger partial charge in [0.25, 0.3) is 0 Å². The molecule has 184 valence electrons. The monoisotopic (exact) mass is 519 g/mol. The quantitative estimate of drug-likeness (QED) is 0.212. The Labute approximate surface area is 223 Å². The molecule has 5 rings (SSSR count). The Morgan fingerprint density at radius 3 is 1.41 bits per heavy atom. The largest absolute Gasteiger partial charge is 0.372 e. The van der Waals surface area contributed by atoms with Crippen LogP contribution in [0.15, 0.2) is 146 Å². The van der Waals surface area contributed by atoms with E-state index in [0.717, 1.165) is 6.54 Å². The maximum atomic E-state index is 6.60. The highest BCUT2D eigenvalue weighted by Crippen LogP contribution is 2.37. The Bertz CT molecular complexity index is 1290. The van der Waals surface area contributed by atoms with Gasteiger partial charge in [-0.3, -0.25) is 0 Å². The van der Waals surface area contributed by atoms with E-state index in [9.17, 15) is 0 Å². The van der Waals surface area contributed by atoms with Gasteiger partial charge in [-0.05, 0) is 24.6 Å². The topological polar surface area (TPSA) is 12.5 Å². The van der Waals surface area contributed by atoms with E-state index >= 15 is 0 Å². The Kier molecular flexibility index (Phi) is 8.78. The van der Waals surface area contributed by atoms with Gasteiger partial charge < -0.3 is 9.42 Å². The highest BCUT2D eigenvalue weighted by Gasteiger charge is 2.21. The van der Waals surface area contributed by atoms with Crippen LogP contribution in [0.3, 0.4) is 0 Å². The second kappa shape index (κ2) is 12.8. The molecule has 0 fully saturated rings. The maximum absolute atomic E-state index is 6.60. The lowest BCUT2D eigenvalue weighted by atomic mass is 10.3. The number of hydrogen-bond acceptors (Lipinski definition) is 2. The first-order chi connectivity index (χ1) is 18.3. The summed E-state index contributed by atoms with van der Waals surface area (Å²) in [6, 6.07) is 51.8. The zero-order valence-corrected chi connectivity index (χ0v) is 22.8. The average molecular weight is 520 g/mol. The third-order valence-electron chi connectivity index (χ3n) is 6.19. The van der Waals surface area contributed by atoms with Crippen molar-refractivity contribution in [1.29, 1.82) is 0 Å². The zero-order valence-electron chi connectivity index (χ0n) is 21.0. The molecule has 0 unspecified atom stereocenters. The standard InChI is InChI=1S/C33H31NOP2/c1-34(26-27-35-37(30-20-10-4-11-21-30)31-22-12-5-13-23-31)32-24-14-15-25-33(32)36(28-16-6-2-7-17-28)29-18-8-3-9-19-29/h2-25H,26-27H2,1H3. The van der Waals surface area contributed by atoms with Gasteiger partial charge in [-0.1, -0.05) is 140 Å². The number of hydrogen-bond donors (Lipinski definition) is 0. The number of likely N-dealkylation sites (N-methyl/N-ethyl adjacent to an activating group) is 1. The number of anilines is 1. The van der Waals surface area contributed by atoms with Crippen molar-refractivity contribution in [1.82, 2.24) is 0 Å². The fourth-order valence-corrected chi connectivity index (χ4v) is 8.62. The molecule has 0 saturated heterocycles. The van der Waals surface area contributed by atoms with Gasteiger partial charge in [0.1, 0.15) is 0 Å².